The summed E-state index contributed by atoms with van der Waals surface area (Å²) in [7, 11) is 0. The van der Waals surface area contributed by atoms with E-state index >= 15 is 0 Å². The van der Waals surface area contributed by atoms with Gasteiger partial charge in [0.2, 0.25) is 0 Å². The lowest BCUT2D eigenvalue weighted by atomic mass is 10.2. The Morgan fingerprint density at radius 3 is 2.75 bits per heavy atom. The Morgan fingerprint density at radius 1 is 1.75 bits per heavy atom. The van der Waals surface area contributed by atoms with Crippen LogP contribution in [0.1, 0.15) is 0 Å². The zero-order chi connectivity index (χ0) is 5.98. The molecule has 1 saturated heterocycles. The Hall–Kier alpha value is -0.620. The van der Waals surface area contributed by atoms with Gasteiger partial charge in [0.1, 0.15) is 6.17 Å². The smallest absolute Gasteiger partial charge is 0.125 e. The van der Waals surface area contributed by atoms with Gasteiger partial charge >= 0.3 is 0 Å². The number of alkyl halides is 1. The van der Waals surface area contributed by atoms with Crippen LogP contribution in [0.5, 0.6) is 0 Å². The van der Waals surface area contributed by atoms with Crippen molar-refractivity contribution >= 4 is 0 Å². The van der Waals surface area contributed by atoms with E-state index in [0.717, 1.165) is 0 Å². The third kappa shape index (κ3) is 0.958. The first-order valence-corrected chi connectivity index (χ1v) is 2.56. The zero-order valence-corrected chi connectivity index (χ0v) is 4.47. The standard InChI is InChI=1S/C5H7FN2/c6-5-3-8(4-5)2-1-7/h5H,2-4H2. The third-order valence-electron chi connectivity index (χ3n) is 1.21. The van der Waals surface area contributed by atoms with E-state index in [1.807, 2.05) is 6.07 Å². The number of nitrogens with zero attached hydrogens (tertiary/aromatic N) is 2. The van der Waals surface area contributed by atoms with Gasteiger partial charge in [-0.05, 0) is 0 Å². The first-order chi connectivity index (χ1) is 3.83. The average Bonchev–Trinajstić information content (AvgIpc) is 1.64. The van der Waals surface area contributed by atoms with Gasteiger partial charge in [-0.15, -0.1) is 0 Å². The molecule has 8 heavy (non-hydrogen) atoms. The van der Waals surface area contributed by atoms with Crippen LogP contribution < -0.4 is 0 Å². The molecule has 0 aliphatic carbocycles. The molecule has 0 aromatic heterocycles. The lowest BCUT2D eigenvalue weighted by Crippen LogP contribution is -2.48. The van der Waals surface area contributed by atoms with Crippen LogP contribution in [-0.4, -0.2) is 30.7 Å². The van der Waals surface area contributed by atoms with Crippen molar-refractivity contribution < 1.29 is 4.39 Å². The molecule has 0 radical (unpaired) electrons. The fourth-order valence-electron chi connectivity index (χ4n) is 0.736. The summed E-state index contributed by atoms with van der Waals surface area (Å²) in [5, 5.41) is 8.07. The molecule has 1 aliphatic heterocycles. The number of rotatable bonds is 1. The highest BCUT2D eigenvalue weighted by molar-refractivity contribution is 4.86. The summed E-state index contributed by atoms with van der Waals surface area (Å²) in [5.74, 6) is 0. The first-order valence-electron chi connectivity index (χ1n) is 2.56. The maximum Gasteiger partial charge on any atom is 0.125 e. The molecular formula is C5H7FN2. The highest BCUT2D eigenvalue weighted by atomic mass is 19.1. The van der Waals surface area contributed by atoms with Crippen molar-refractivity contribution in [3.63, 3.8) is 0 Å². The fraction of sp³-hybridized carbons (Fsp3) is 0.800. The predicted octanol–water partition coefficient (Wildman–Crippen LogP) is 0.164. The van der Waals surface area contributed by atoms with Gasteiger partial charge < -0.3 is 0 Å². The highest BCUT2D eigenvalue weighted by Gasteiger charge is 2.24. The summed E-state index contributed by atoms with van der Waals surface area (Å²) in [6, 6.07) is 1.95. The molecule has 44 valence electrons. The molecule has 1 rings (SSSR count). The van der Waals surface area contributed by atoms with Crippen LogP contribution >= 0.6 is 0 Å². The number of halogens is 1. The van der Waals surface area contributed by atoms with E-state index in [1.54, 1.807) is 4.90 Å². The SMILES string of the molecule is N#CCN1CC(F)C1. The highest BCUT2D eigenvalue weighted by Crippen LogP contribution is 2.08. The molecule has 0 atom stereocenters. The van der Waals surface area contributed by atoms with Crippen molar-refractivity contribution in [2.24, 2.45) is 0 Å². The van der Waals surface area contributed by atoms with E-state index in [-0.39, 0.29) is 0 Å². The first kappa shape index (κ1) is 5.52. The summed E-state index contributed by atoms with van der Waals surface area (Å²) in [4.78, 5) is 1.77. The number of nitriles is 1. The summed E-state index contributed by atoms with van der Waals surface area (Å²) in [5.41, 5.74) is 0. The van der Waals surface area contributed by atoms with E-state index in [4.69, 9.17) is 5.26 Å². The number of hydrogen-bond donors (Lipinski definition) is 0. The Labute approximate surface area is 47.5 Å². The average molecular weight is 114 g/mol. The van der Waals surface area contributed by atoms with Crippen LogP contribution in [0.25, 0.3) is 0 Å². The number of hydrogen-bond acceptors (Lipinski definition) is 2. The van der Waals surface area contributed by atoms with E-state index < -0.39 is 6.17 Å². The van der Waals surface area contributed by atoms with Crippen molar-refractivity contribution in [2.45, 2.75) is 6.17 Å². The van der Waals surface area contributed by atoms with E-state index in [1.165, 1.54) is 0 Å². The lowest BCUT2D eigenvalue weighted by Gasteiger charge is -2.31. The van der Waals surface area contributed by atoms with Gasteiger partial charge in [-0.3, -0.25) is 4.90 Å². The summed E-state index contributed by atoms with van der Waals surface area (Å²) in [6.45, 7) is 1.28. The molecule has 0 aromatic carbocycles. The molecule has 3 heteroatoms. The molecular weight excluding hydrogens is 107 g/mol. The summed E-state index contributed by atoms with van der Waals surface area (Å²) >= 11 is 0. The second kappa shape index (κ2) is 2.10. The molecule has 0 saturated carbocycles. The van der Waals surface area contributed by atoms with Gasteiger partial charge in [0.05, 0.1) is 12.6 Å². The predicted molar refractivity (Wildman–Crippen MR) is 26.9 cm³/mol. The normalized spacial score (nSPS) is 22.0. The van der Waals surface area contributed by atoms with Crippen molar-refractivity contribution in [1.82, 2.24) is 4.90 Å². The van der Waals surface area contributed by atoms with E-state index in [2.05, 4.69) is 0 Å². The van der Waals surface area contributed by atoms with Gasteiger partial charge in [-0.1, -0.05) is 0 Å². The minimum atomic E-state index is -0.677. The van der Waals surface area contributed by atoms with Crippen LogP contribution in [0, 0.1) is 11.3 Å². The Bertz CT molecular complexity index is 112. The molecule has 0 N–H and O–H groups in total. The van der Waals surface area contributed by atoms with Crippen molar-refractivity contribution in [1.29, 1.82) is 5.26 Å². The molecule has 0 aromatic rings. The minimum absolute atomic E-state index is 0.375. The van der Waals surface area contributed by atoms with Crippen molar-refractivity contribution in [3.8, 4) is 6.07 Å². The van der Waals surface area contributed by atoms with Gasteiger partial charge in [0.25, 0.3) is 0 Å². The van der Waals surface area contributed by atoms with Gasteiger partial charge in [-0.2, -0.15) is 5.26 Å². The quantitative estimate of drug-likeness (QED) is 0.454. The molecule has 0 unspecified atom stereocenters. The third-order valence-corrected chi connectivity index (χ3v) is 1.21. The van der Waals surface area contributed by atoms with Crippen LogP contribution in [0.4, 0.5) is 4.39 Å². The second-order valence-corrected chi connectivity index (χ2v) is 1.95. The van der Waals surface area contributed by atoms with E-state index in [9.17, 15) is 4.39 Å². The second-order valence-electron chi connectivity index (χ2n) is 1.95. The van der Waals surface area contributed by atoms with Crippen LogP contribution in [0.2, 0.25) is 0 Å². The Morgan fingerprint density at radius 2 is 2.38 bits per heavy atom. The maximum atomic E-state index is 11.9. The van der Waals surface area contributed by atoms with Crippen LogP contribution in [-0.2, 0) is 0 Å². The summed E-state index contributed by atoms with van der Waals surface area (Å²) < 4.78 is 11.9. The fourth-order valence-corrected chi connectivity index (χ4v) is 0.736. The molecule has 0 spiro atoms. The van der Waals surface area contributed by atoms with Gasteiger partial charge in [0.15, 0.2) is 0 Å². The monoisotopic (exact) mass is 114 g/mol. The lowest BCUT2D eigenvalue weighted by molar-refractivity contribution is 0.0787. The minimum Gasteiger partial charge on any atom is -0.285 e. The Kier molecular flexibility index (Phi) is 1.45. The molecule has 1 aliphatic rings. The molecule has 0 bridgehead atoms. The maximum absolute atomic E-state index is 11.9. The largest absolute Gasteiger partial charge is 0.285 e. The summed E-state index contributed by atoms with van der Waals surface area (Å²) in [6.07, 6.45) is -0.677. The zero-order valence-electron chi connectivity index (χ0n) is 4.47. The topological polar surface area (TPSA) is 27.0 Å². The van der Waals surface area contributed by atoms with Crippen LogP contribution in [0.3, 0.4) is 0 Å². The molecule has 1 fully saturated rings. The van der Waals surface area contributed by atoms with Gasteiger partial charge in [0, 0.05) is 13.1 Å². The van der Waals surface area contributed by atoms with Crippen LogP contribution in [0.15, 0.2) is 0 Å². The van der Waals surface area contributed by atoms with E-state index in [0.29, 0.717) is 19.6 Å². The van der Waals surface area contributed by atoms with Crippen molar-refractivity contribution in [3.05, 3.63) is 0 Å². The van der Waals surface area contributed by atoms with Gasteiger partial charge in [-0.25, -0.2) is 4.39 Å². The van der Waals surface area contributed by atoms with Crippen molar-refractivity contribution in [2.75, 3.05) is 19.6 Å². The molecule has 1 heterocycles. The molecule has 2 nitrogen and oxygen atoms in total. The number of likely N-dealkylation sites (tertiary alicyclic amines) is 1. The Balaban J connectivity index is 2.09. The molecule has 0 amide bonds.